The summed E-state index contributed by atoms with van der Waals surface area (Å²) in [6.07, 6.45) is 0. The molecular weight excluding hydrogens is 411 g/mol. The Bertz CT molecular complexity index is 1220. The Morgan fingerprint density at radius 2 is 1.83 bits per heavy atom. The van der Waals surface area contributed by atoms with Crippen molar-refractivity contribution in [3.8, 4) is 0 Å². The number of rotatable bonds is 4. The van der Waals surface area contributed by atoms with E-state index in [0.717, 1.165) is 0 Å². The Hall–Kier alpha value is -2.95. The van der Waals surface area contributed by atoms with E-state index in [1.54, 1.807) is 28.6 Å². The summed E-state index contributed by atoms with van der Waals surface area (Å²) in [5.41, 5.74) is -0.0976. The van der Waals surface area contributed by atoms with E-state index in [1.807, 2.05) is 0 Å². The van der Waals surface area contributed by atoms with Crippen LogP contribution in [0.1, 0.15) is 15.9 Å². The topological polar surface area (TPSA) is 98.6 Å². The maximum absolute atomic E-state index is 14.4. The maximum atomic E-state index is 14.4. The predicted molar refractivity (Wildman–Crippen MR) is 112 cm³/mol. The number of hydrogen-bond donors (Lipinski definition) is 2. The molecule has 0 unspecified atom stereocenters. The van der Waals surface area contributed by atoms with Crippen LogP contribution >= 0.6 is 12.2 Å². The average molecular weight is 430 g/mol. The minimum absolute atomic E-state index is 0.0700. The minimum Gasteiger partial charge on any atom is -0.336 e. The first-order valence-electron chi connectivity index (χ1n) is 9.34. The number of piperazine rings is 1. The first kappa shape index (κ1) is 20.3. The number of benzene rings is 2. The number of amides is 1. The van der Waals surface area contributed by atoms with Crippen molar-refractivity contribution in [2.45, 2.75) is 6.54 Å². The summed E-state index contributed by atoms with van der Waals surface area (Å²) in [5, 5.41) is 0.370. The van der Waals surface area contributed by atoms with Crippen LogP contribution in [-0.4, -0.2) is 55.4 Å². The molecule has 1 aliphatic rings. The van der Waals surface area contributed by atoms with Gasteiger partial charge >= 0.3 is 5.69 Å². The number of carbonyl (C=O) groups is 1. The van der Waals surface area contributed by atoms with Crippen LogP contribution in [0.4, 0.5) is 4.39 Å². The molecular formula is C20H19FN4O4S. The van der Waals surface area contributed by atoms with Crippen molar-refractivity contribution in [1.82, 2.24) is 18.8 Å². The predicted octanol–water partition coefficient (Wildman–Crippen LogP) is 1.76. The largest absolute Gasteiger partial charge is 0.336 e. The van der Waals surface area contributed by atoms with Gasteiger partial charge in [-0.2, -0.15) is 0 Å². The van der Waals surface area contributed by atoms with Gasteiger partial charge in [-0.05, 0) is 29.8 Å². The fourth-order valence-electron chi connectivity index (χ4n) is 3.56. The van der Waals surface area contributed by atoms with Gasteiger partial charge in [0.05, 0.1) is 35.2 Å². The second-order valence-corrected chi connectivity index (χ2v) is 7.66. The zero-order valence-corrected chi connectivity index (χ0v) is 16.7. The molecule has 10 heteroatoms. The van der Waals surface area contributed by atoms with Crippen LogP contribution in [0.3, 0.4) is 0 Å². The normalized spacial score (nSPS) is 14.9. The molecule has 2 heterocycles. The van der Waals surface area contributed by atoms with Gasteiger partial charge in [-0.25, -0.2) is 13.5 Å². The second kappa shape index (κ2) is 8.42. The van der Waals surface area contributed by atoms with E-state index in [9.17, 15) is 18.8 Å². The fraction of sp³-hybridized carbons (Fsp3) is 0.250. The summed E-state index contributed by atoms with van der Waals surface area (Å²) in [5.74, 6) is -1.07. The third kappa shape index (κ3) is 3.89. The van der Waals surface area contributed by atoms with Gasteiger partial charge in [-0.1, -0.05) is 18.2 Å². The number of nitrogens with zero attached hydrogens (tertiary/aromatic N) is 3. The van der Waals surface area contributed by atoms with E-state index in [-0.39, 0.29) is 12.1 Å². The van der Waals surface area contributed by atoms with Gasteiger partial charge in [0.2, 0.25) is 0 Å². The molecule has 0 radical (unpaired) electrons. The standard InChI is InChI=1S/C20H19FN4O4S/c21-16-6-5-13(11-15(16)19(27)23-7-9-24(30-29)10-8-23)12-25-17-4-2-1-3-14(17)18(26)22-20(25)28/h1-6,11,29H,7-10,12H2,(H,22,26,28). The lowest BCUT2D eigenvalue weighted by Gasteiger charge is -2.32. The Morgan fingerprint density at radius 1 is 1.10 bits per heavy atom. The van der Waals surface area contributed by atoms with E-state index < -0.39 is 23.0 Å². The Morgan fingerprint density at radius 3 is 2.57 bits per heavy atom. The molecule has 156 valence electrons. The monoisotopic (exact) mass is 430 g/mol. The highest BCUT2D eigenvalue weighted by molar-refractivity contribution is 7.91. The summed E-state index contributed by atoms with van der Waals surface area (Å²) >= 11 is 0.629. The van der Waals surface area contributed by atoms with E-state index in [1.165, 1.54) is 27.7 Å². The molecule has 8 nitrogen and oxygen atoms in total. The number of halogens is 1. The van der Waals surface area contributed by atoms with Gasteiger partial charge in [0.15, 0.2) is 0 Å². The molecule has 1 saturated heterocycles. The van der Waals surface area contributed by atoms with Crippen LogP contribution in [0, 0.1) is 5.82 Å². The van der Waals surface area contributed by atoms with E-state index in [0.29, 0.717) is 54.9 Å². The highest BCUT2D eigenvalue weighted by atomic mass is 32.2. The van der Waals surface area contributed by atoms with Gasteiger partial charge < -0.3 is 9.45 Å². The van der Waals surface area contributed by atoms with Crippen LogP contribution in [0.2, 0.25) is 0 Å². The van der Waals surface area contributed by atoms with Crippen molar-refractivity contribution in [3.63, 3.8) is 0 Å². The highest BCUT2D eigenvalue weighted by Gasteiger charge is 2.24. The number of hydrogen-bond acceptors (Lipinski definition) is 6. The minimum atomic E-state index is -0.638. The van der Waals surface area contributed by atoms with Crippen LogP contribution < -0.4 is 11.2 Å². The number of fused-ring (bicyclic) bond motifs is 1. The Balaban J connectivity index is 1.65. The van der Waals surface area contributed by atoms with Crippen LogP contribution in [-0.2, 0) is 6.54 Å². The molecule has 1 amide bonds. The molecule has 0 aliphatic carbocycles. The molecule has 0 spiro atoms. The summed E-state index contributed by atoms with van der Waals surface area (Å²) < 4.78 is 26.6. The zero-order valence-electron chi connectivity index (χ0n) is 15.9. The highest BCUT2D eigenvalue weighted by Crippen LogP contribution is 2.18. The SMILES string of the molecule is O=C(c1cc(Cn2c(=O)[nH]c(=O)c3ccccc32)ccc1F)N1CCN(SO)CC1. The quantitative estimate of drug-likeness (QED) is 0.484. The van der Waals surface area contributed by atoms with Crippen molar-refractivity contribution in [2.75, 3.05) is 26.2 Å². The molecule has 0 atom stereocenters. The number of H-pyrrole nitrogens is 1. The van der Waals surface area contributed by atoms with Crippen molar-refractivity contribution >= 4 is 29.0 Å². The van der Waals surface area contributed by atoms with Crippen molar-refractivity contribution in [2.24, 2.45) is 0 Å². The molecule has 0 saturated carbocycles. The Labute approximate surface area is 174 Å². The molecule has 30 heavy (non-hydrogen) atoms. The summed E-state index contributed by atoms with van der Waals surface area (Å²) in [4.78, 5) is 41.1. The van der Waals surface area contributed by atoms with Gasteiger partial charge in [0, 0.05) is 26.2 Å². The third-order valence-corrected chi connectivity index (χ3v) is 5.74. The Kier molecular flexibility index (Phi) is 5.71. The first-order chi connectivity index (χ1) is 14.5. The summed E-state index contributed by atoms with van der Waals surface area (Å²) in [6, 6.07) is 10.9. The van der Waals surface area contributed by atoms with Crippen LogP contribution in [0.15, 0.2) is 52.1 Å². The van der Waals surface area contributed by atoms with Gasteiger partial charge in [-0.3, -0.25) is 19.1 Å². The molecule has 3 aromatic rings. The lowest BCUT2D eigenvalue weighted by Crippen LogP contribution is -2.46. The third-order valence-electron chi connectivity index (χ3n) is 5.15. The van der Waals surface area contributed by atoms with Gasteiger partial charge in [-0.15, -0.1) is 0 Å². The van der Waals surface area contributed by atoms with Crippen molar-refractivity contribution in [3.05, 3.63) is 80.2 Å². The molecule has 2 N–H and O–H groups in total. The first-order valence-corrected chi connectivity index (χ1v) is 10.1. The maximum Gasteiger partial charge on any atom is 0.329 e. The van der Waals surface area contributed by atoms with E-state index in [4.69, 9.17) is 4.55 Å². The molecule has 0 bridgehead atoms. The molecule has 1 fully saturated rings. The van der Waals surface area contributed by atoms with E-state index in [2.05, 4.69) is 4.98 Å². The lowest BCUT2D eigenvalue weighted by molar-refractivity contribution is 0.0696. The molecule has 2 aromatic carbocycles. The fourth-order valence-corrected chi connectivity index (χ4v) is 3.89. The smallest absolute Gasteiger partial charge is 0.329 e. The zero-order chi connectivity index (χ0) is 21.3. The van der Waals surface area contributed by atoms with Crippen molar-refractivity contribution < 1.29 is 13.7 Å². The number of carbonyl (C=O) groups excluding carboxylic acids is 1. The van der Waals surface area contributed by atoms with Gasteiger partial charge in [0.1, 0.15) is 5.82 Å². The second-order valence-electron chi connectivity index (χ2n) is 6.98. The van der Waals surface area contributed by atoms with Crippen LogP contribution in [0.5, 0.6) is 0 Å². The lowest BCUT2D eigenvalue weighted by atomic mass is 10.1. The number of para-hydroxylation sites is 1. The number of aromatic nitrogens is 2. The van der Waals surface area contributed by atoms with Gasteiger partial charge in [0.25, 0.3) is 11.5 Å². The molecule has 4 rings (SSSR count). The number of aromatic amines is 1. The summed E-state index contributed by atoms with van der Waals surface area (Å²) in [7, 11) is 0. The van der Waals surface area contributed by atoms with E-state index >= 15 is 0 Å². The average Bonchev–Trinajstić information content (AvgIpc) is 2.77. The molecule has 1 aromatic heterocycles. The van der Waals surface area contributed by atoms with Crippen molar-refractivity contribution in [1.29, 1.82) is 0 Å². The van der Waals surface area contributed by atoms with Crippen LogP contribution in [0.25, 0.3) is 10.9 Å². The molecule has 1 aliphatic heterocycles. The number of nitrogens with one attached hydrogen (secondary N) is 1. The summed E-state index contributed by atoms with van der Waals surface area (Å²) in [6.45, 7) is 1.78.